The molecule has 3 aliphatic rings. The number of carbonyl (C=O) groups is 3. The number of piperidine rings is 1. The van der Waals surface area contributed by atoms with Crippen molar-refractivity contribution in [3.05, 3.63) is 57.9 Å². The predicted octanol–water partition coefficient (Wildman–Crippen LogP) is 3.91. The minimum absolute atomic E-state index is 0.0330. The van der Waals surface area contributed by atoms with Gasteiger partial charge in [0.1, 0.15) is 17.7 Å². The van der Waals surface area contributed by atoms with Crippen LogP contribution < -0.4 is 16.2 Å². The first-order valence-electron chi connectivity index (χ1n) is 14.6. The van der Waals surface area contributed by atoms with Crippen molar-refractivity contribution in [3.63, 3.8) is 0 Å². The molecule has 2 aliphatic carbocycles. The molecule has 2 bridgehead atoms. The molecule has 3 N–H and O–H groups in total. The molecule has 10 heteroatoms. The molecule has 2 heterocycles. The van der Waals surface area contributed by atoms with Crippen LogP contribution in [-0.2, 0) is 16.0 Å². The summed E-state index contributed by atoms with van der Waals surface area (Å²) < 4.78 is 5.59. The van der Waals surface area contributed by atoms with E-state index in [9.17, 15) is 24.4 Å². The third kappa shape index (κ3) is 5.31. The summed E-state index contributed by atoms with van der Waals surface area (Å²) in [6.07, 6.45) is 4.05. The van der Waals surface area contributed by atoms with Gasteiger partial charge in [0, 0.05) is 29.3 Å². The number of hydrogen-bond donors (Lipinski definition) is 3. The molecule has 2 saturated carbocycles. The lowest BCUT2D eigenvalue weighted by atomic mass is 9.96. The Morgan fingerprint density at radius 3 is 2.60 bits per heavy atom. The molecule has 2 aromatic carbocycles. The number of aromatic amines is 1. The molecule has 0 spiro atoms. The van der Waals surface area contributed by atoms with Crippen LogP contribution in [0.25, 0.3) is 21.7 Å². The number of ether oxygens (including phenoxy) is 1. The summed E-state index contributed by atoms with van der Waals surface area (Å²) in [6.45, 7) is 5.38. The maximum atomic E-state index is 13.4. The van der Waals surface area contributed by atoms with E-state index in [2.05, 4.69) is 21.7 Å². The number of benzene rings is 2. The molecular weight excluding hydrogens is 534 g/mol. The summed E-state index contributed by atoms with van der Waals surface area (Å²) >= 11 is 0. The second kappa shape index (κ2) is 10.5. The van der Waals surface area contributed by atoms with Crippen LogP contribution in [-0.4, -0.2) is 57.6 Å². The predicted molar refractivity (Wildman–Crippen MR) is 157 cm³/mol. The van der Waals surface area contributed by atoms with Gasteiger partial charge in [0.2, 0.25) is 5.91 Å². The molecular formula is C32H35N5O5. The summed E-state index contributed by atoms with van der Waals surface area (Å²) in [5, 5.41) is 17.6. The van der Waals surface area contributed by atoms with E-state index in [1.165, 1.54) is 0 Å². The van der Waals surface area contributed by atoms with E-state index in [4.69, 9.17) is 4.74 Å². The van der Waals surface area contributed by atoms with Crippen molar-refractivity contribution < 1.29 is 19.1 Å². The van der Waals surface area contributed by atoms with Crippen molar-refractivity contribution in [1.82, 2.24) is 20.5 Å². The number of fused-ring (bicyclic) bond motifs is 5. The van der Waals surface area contributed by atoms with Crippen LogP contribution in [0.15, 0.2) is 41.2 Å². The molecule has 3 fully saturated rings. The van der Waals surface area contributed by atoms with Gasteiger partial charge in [0.25, 0.3) is 11.5 Å². The second-order valence-electron chi connectivity index (χ2n) is 12.8. The quantitative estimate of drug-likeness (QED) is 0.384. The molecule has 42 heavy (non-hydrogen) atoms. The topological polar surface area (TPSA) is 144 Å². The zero-order chi connectivity index (χ0) is 29.8. The minimum Gasteiger partial charge on any atom is -0.444 e. The van der Waals surface area contributed by atoms with Gasteiger partial charge in [-0.3, -0.25) is 19.3 Å². The highest BCUT2D eigenvalue weighted by Crippen LogP contribution is 2.43. The number of nitrogens with one attached hydrogen (secondary N) is 3. The fourth-order valence-electron chi connectivity index (χ4n) is 6.44. The third-order valence-electron chi connectivity index (χ3n) is 8.45. The van der Waals surface area contributed by atoms with Crippen molar-refractivity contribution in [3.8, 4) is 6.07 Å². The van der Waals surface area contributed by atoms with Crippen molar-refractivity contribution >= 4 is 39.6 Å². The summed E-state index contributed by atoms with van der Waals surface area (Å²) in [6, 6.07) is 11.5. The Labute approximate surface area is 243 Å². The summed E-state index contributed by atoms with van der Waals surface area (Å²) in [7, 11) is 0. The van der Waals surface area contributed by atoms with Gasteiger partial charge in [-0.1, -0.05) is 24.3 Å². The Morgan fingerprint density at radius 2 is 1.88 bits per heavy atom. The van der Waals surface area contributed by atoms with Crippen LogP contribution in [0.5, 0.6) is 0 Å². The molecule has 1 aromatic heterocycles. The van der Waals surface area contributed by atoms with E-state index in [0.29, 0.717) is 27.4 Å². The maximum Gasteiger partial charge on any atom is 0.411 e. The molecule has 4 unspecified atom stereocenters. The molecule has 0 radical (unpaired) electrons. The Balaban J connectivity index is 1.22. The first-order valence-corrected chi connectivity index (χ1v) is 14.6. The van der Waals surface area contributed by atoms with Gasteiger partial charge >= 0.3 is 6.09 Å². The van der Waals surface area contributed by atoms with E-state index < -0.39 is 23.8 Å². The zero-order valence-electron chi connectivity index (χ0n) is 24.0. The number of pyridine rings is 1. The number of carbonyl (C=O) groups excluding carboxylic acids is 3. The van der Waals surface area contributed by atoms with Gasteiger partial charge in [-0.15, -0.1) is 0 Å². The highest BCUT2D eigenvalue weighted by atomic mass is 16.6. The van der Waals surface area contributed by atoms with Crippen molar-refractivity contribution in [2.75, 3.05) is 0 Å². The summed E-state index contributed by atoms with van der Waals surface area (Å²) in [5.41, 5.74) is 0.607. The third-order valence-corrected chi connectivity index (χ3v) is 8.45. The second-order valence-corrected chi connectivity index (χ2v) is 12.8. The first-order chi connectivity index (χ1) is 20.0. The fourth-order valence-corrected chi connectivity index (χ4v) is 6.44. The van der Waals surface area contributed by atoms with E-state index in [-0.39, 0.29) is 41.8 Å². The number of nitrogens with zero attached hydrogens (tertiary/aromatic N) is 2. The van der Waals surface area contributed by atoms with E-state index in [1.807, 2.05) is 18.2 Å². The number of rotatable bonds is 6. The number of H-pyrrole nitrogens is 1. The number of nitriles is 1. The van der Waals surface area contributed by atoms with Crippen molar-refractivity contribution in [1.29, 1.82) is 5.26 Å². The van der Waals surface area contributed by atoms with Gasteiger partial charge in [0.15, 0.2) is 0 Å². The summed E-state index contributed by atoms with van der Waals surface area (Å²) in [5.74, 6) is -0.532. The largest absolute Gasteiger partial charge is 0.444 e. The lowest BCUT2D eigenvalue weighted by Crippen LogP contribution is -2.55. The van der Waals surface area contributed by atoms with E-state index in [1.54, 1.807) is 43.9 Å². The van der Waals surface area contributed by atoms with Crippen LogP contribution in [0.3, 0.4) is 0 Å². The monoisotopic (exact) mass is 569 g/mol. The minimum atomic E-state index is -0.855. The average molecular weight is 570 g/mol. The smallest absolute Gasteiger partial charge is 0.411 e. The molecule has 10 nitrogen and oxygen atoms in total. The van der Waals surface area contributed by atoms with Gasteiger partial charge < -0.3 is 20.4 Å². The van der Waals surface area contributed by atoms with Crippen LogP contribution in [0, 0.1) is 17.2 Å². The molecule has 3 aromatic rings. The van der Waals surface area contributed by atoms with Crippen LogP contribution in [0.4, 0.5) is 4.79 Å². The molecule has 1 aliphatic heterocycles. The van der Waals surface area contributed by atoms with Crippen LogP contribution in [0.2, 0.25) is 0 Å². The van der Waals surface area contributed by atoms with Crippen molar-refractivity contribution in [2.24, 2.45) is 5.92 Å². The highest BCUT2D eigenvalue weighted by molar-refractivity contribution is 6.13. The van der Waals surface area contributed by atoms with Crippen molar-refractivity contribution in [2.45, 2.75) is 89.1 Å². The first kappa shape index (κ1) is 27.8. The molecule has 218 valence electrons. The Bertz CT molecular complexity index is 1700. The maximum absolute atomic E-state index is 13.4. The molecule has 3 amide bonds. The zero-order valence-corrected chi connectivity index (χ0v) is 24.0. The number of para-hydroxylation sites is 1. The van der Waals surface area contributed by atoms with Crippen LogP contribution >= 0.6 is 0 Å². The van der Waals surface area contributed by atoms with Crippen LogP contribution in [0.1, 0.15) is 68.8 Å². The number of aromatic nitrogens is 1. The normalized spacial score (nSPS) is 22.1. The van der Waals surface area contributed by atoms with E-state index >= 15 is 0 Å². The average Bonchev–Trinajstić information content (AvgIpc) is 3.50. The lowest BCUT2D eigenvalue weighted by molar-refractivity contribution is -0.128. The van der Waals surface area contributed by atoms with E-state index in [0.717, 1.165) is 37.5 Å². The SMILES string of the molecule is CC(C)(C)OC(=O)N1C2CCC(C2)C1C(=O)NC(C#N)Cc1ccc2c(c1)c(=O)[nH]c1c(C(=O)NC3CC3)cccc12. The van der Waals surface area contributed by atoms with Gasteiger partial charge in [0.05, 0.1) is 17.1 Å². The highest BCUT2D eigenvalue weighted by Gasteiger charge is 2.52. The molecule has 6 rings (SSSR count). The number of likely N-dealkylation sites (tertiary alicyclic amines) is 1. The van der Waals surface area contributed by atoms with Gasteiger partial charge in [-0.2, -0.15) is 5.26 Å². The molecule has 4 atom stereocenters. The Hall–Kier alpha value is -4.39. The number of amides is 3. The summed E-state index contributed by atoms with van der Waals surface area (Å²) in [4.78, 5) is 56.8. The Kier molecular flexibility index (Phi) is 6.92. The Morgan fingerprint density at radius 1 is 1.10 bits per heavy atom. The molecule has 1 saturated heterocycles. The standard InChI is InChI=1S/C32H35N5O5/c1-32(2,3)42-31(41)37-21-11-8-18(15-21)27(37)30(40)35-20(16-33)13-17-7-12-22-23-5-4-6-24(28(38)34-19-9-10-19)26(23)36-29(39)25(22)14-17/h4-7,12,14,18-21,27H,8-11,13,15H2,1-3H3,(H,34,38)(H,35,40)(H,36,39). The van der Waals surface area contributed by atoms with Gasteiger partial charge in [-0.25, -0.2) is 4.79 Å². The lowest BCUT2D eigenvalue weighted by Gasteiger charge is -2.35. The van der Waals surface area contributed by atoms with Gasteiger partial charge in [-0.05, 0) is 81.9 Å². The number of hydrogen-bond acceptors (Lipinski definition) is 6. The fraction of sp³-hybridized carbons (Fsp3) is 0.469.